The number of carbonyl (C=O) groups excluding carboxylic acids is 1. The third-order valence-corrected chi connectivity index (χ3v) is 2.08. The number of hydrogen-bond donors (Lipinski definition) is 3. The lowest BCUT2D eigenvalue weighted by molar-refractivity contribution is -0.389. The lowest BCUT2D eigenvalue weighted by atomic mass is 10.3. The summed E-state index contributed by atoms with van der Waals surface area (Å²) < 4.78 is 0. The van der Waals surface area contributed by atoms with Crippen LogP contribution in [0.4, 0.5) is 5.82 Å². The van der Waals surface area contributed by atoms with E-state index in [0.29, 0.717) is 5.84 Å². The summed E-state index contributed by atoms with van der Waals surface area (Å²) in [5.41, 5.74) is 9.11. The van der Waals surface area contributed by atoms with Crippen LogP contribution in [-0.4, -0.2) is 47.0 Å². The van der Waals surface area contributed by atoms with Gasteiger partial charge in [-0.2, -0.15) is 5.26 Å². The van der Waals surface area contributed by atoms with Crippen molar-refractivity contribution in [3.05, 3.63) is 18.1 Å². The molecule has 0 aromatic carbocycles. The van der Waals surface area contributed by atoms with Gasteiger partial charge in [-0.15, -0.1) is 11.6 Å². The zero-order chi connectivity index (χ0) is 17.0. The first-order valence-corrected chi connectivity index (χ1v) is 6.85. The maximum Gasteiger partial charge on any atom is 0.272 e. The summed E-state index contributed by atoms with van der Waals surface area (Å²) in [5.74, 6) is 0.224. The number of halogens is 1. The van der Waals surface area contributed by atoms with Crippen molar-refractivity contribution in [3.8, 4) is 6.07 Å². The van der Waals surface area contributed by atoms with Gasteiger partial charge in [0.15, 0.2) is 11.7 Å². The average molecular weight is 326 g/mol. The van der Waals surface area contributed by atoms with E-state index < -0.39 is 5.91 Å². The second kappa shape index (κ2) is 11.1. The molecule has 1 amide bonds. The van der Waals surface area contributed by atoms with E-state index >= 15 is 0 Å². The Balaban J connectivity index is 0.00000211. The van der Waals surface area contributed by atoms with Crippen LogP contribution < -0.4 is 16.8 Å². The average Bonchev–Trinajstić information content (AvgIpc) is 2.54. The van der Waals surface area contributed by atoms with Crippen LogP contribution in [0.1, 0.15) is 17.4 Å². The highest BCUT2D eigenvalue weighted by Gasteiger charge is 2.09. The van der Waals surface area contributed by atoms with Gasteiger partial charge in [-0.25, -0.2) is 20.0 Å². The molecule has 10 heteroatoms. The van der Waals surface area contributed by atoms with Crippen LogP contribution in [0.15, 0.2) is 22.4 Å². The molecule has 6 N–H and O–H groups in total. The SMILES string of the molecule is CC([NH3+])C(N=CN)=Nc1cnc(C(=O)NCC#N)cn1.CCl. The highest BCUT2D eigenvalue weighted by molar-refractivity contribution is 6.15. The van der Waals surface area contributed by atoms with Crippen molar-refractivity contribution in [3.63, 3.8) is 0 Å². The lowest BCUT2D eigenvalue weighted by Crippen LogP contribution is -2.62. The van der Waals surface area contributed by atoms with Gasteiger partial charge in [0.05, 0.1) is 24.8 Å². The van der Waals surface area contributed by atoms with E-state index in [9.17, 15) is 4.79 Å². The smallest absolute Gasteiger partial charge is 0.272 e. The number of quaternary nitrogens is 1. The fourth-order valence-electron chi connectivity index (χ4n) is 1.17. The third kappa shape index (κ3) is 6.74. The number of hydrogen-bond acceptors (Lipinski definition) is 5. The van der Waals surface area contributed by atoms with E-state index in [1.807, 2.05) is 6.92 Å². The van der Waals surface area contributed by atoms with E-state index in [1.54, 1.807) is 6.07 Å². The number of nitrogens with one attached hydrogen (secondary N) is 1. The van der Waals surface area contributed by atoms with E-state index in [4.69, 9.17) is 11.0 Å². The zero-order valence-electron chi connectivity index (χ0n) is 12.3. The molecule has 0 saturated heterocycles. The minimum atomic E-state index is -0.472. The molecule has 1 rings (SSSR count). The maximum absolute atomic E-state index is 11.5. The van der Waals surface area contributed by atoms with Gasteiger partial charge in [-0.1, -0.05) is 0 Å². The fraction of sp³-hybridized carbons (Fsp3) is 0.333. The van der Waals surface area contributed by atoms with Crippen molar-refractivity contribution in [2.75, 3.05) is 12.9 Å². The Kier molecular flexibility index (Phi) is 9.83. The van der Waals surface area contributed by atoms with Gasteiger partial charge in [0.2, 0.25) is 0 Å². The van der Waals surface area contributed by atoms with Gasteiger partial charge in [0.1, 0.15) is 18.3 Å². The molecule has 1 heterocycles. The van der Waals surface area contributed by atoms with Crippen LogP contribution in [0.3, 0.4) is 0 Å². The molecule has 1 aromatic rings. The summed E-state index contributed by atoms with van der Waals surface area (Å²) in [4.78, 5) is 27.4. The molecular weight excluding hydrogens is 308 g/mol. The summed E-state index contributed by atoms with van der Waals surface area (Å²) in [7, 11) is 0. The maximum atomic E-state index is 11.5. The van der Waals surface area contributed by atoms with Gasteiger partial charge >= 0.3 is 0 Å². The Labute approximate surface area is 133 Å². The van der Waals surface area contributed by atoms with Gasteiger partial charge in [0, 0.05) is 6.38 Å². The van der Waals surface area contributed by atoms with Gasteiger partial charge in [0.25, 0.3) is 5.91 Å². The number of aliphatic imine (C=N–C) groups is 2. The van der Waals surface area contributed by atoms with Crippen molar-refractivity contribution >= 4 is 35.5 Å². The normalized spacial score (nSPS) is 12.0. The number of carbonyl (C=O) groups is 1. The van der Waals surface area contributed by atoms with Crippen LogP contribution in [0, 0.1) is 11.3 Å². The molecule has 0 fully saturated rings. The molecule has 0 bridgehead atoms. The molecular formula is C12H18ClN8O+. The third-order valence-electron chi connectivity index (χ3n) is 2.08. The Morgan fingerprint density at radius 3 is 2.73 bits per heavy atom. The van der Waals surface area contributed by atoms with Crippen molar-refractivity contribution in [1.82, 2.24) is 15.3 Å². The predicted molar refractivity (Wildman–Crippen MR) is 83.9 cm³/mol. The molecule has 0 radical (unpaired) electrons. The number of nitrogens with two attached hydrogens (primary N) is 1. The number of nitriles is 1. The first-order valence-electron chi connectivity index (χ1n) is 6.09. The van der Waals surface area contributed by atoms with Crippen LogP contribution in [0.5, 0.6) is 0 Å². The number of amides is 1. The molecule has 0 aliphatic heterocycles. The first-order chi connectivity index (χ1) is 10.6. The molecule has 0 saturated carbocycles. The molecule has 9 nitrogen and oxygen atoms in total. The van der Waals surface area contributed by atoms with Crippen molar-refractivity contribution < 1.29 is 10.5 Å². The standard InChI is InChI=1S/C11H14N8O.CH3Cl/c1-7(14)10(18-6-13)19-9-5-16-8(4-17-9)11(20)15-3-2-12;1-2/h4-7H,3,14H2,1H3,(H,15,20)(H2,13,17,18,19);1H3/p+1. The van der Waals surface area contributed by atoms with Crippen molar-refractivity contribution in [2.45, 2.75) is 13.0 Å². The predicted octanol–water partition coefficient (Wildman–Crippen LogP) is -0.768. The molecule has 0 spiro atoms. The van der Waals surface area contributed by atoms with E-state index in [2.05, 4.69) is 42.6 Å². The highest BCUT2D eigenvalue weighted by atomic mass is 35.5. The van der Waals surface area contributed by atoms with Crippen molar-refractivity contribution in [2.24, 2.45) is 15.7 Å². The van der Waals surface area contributed by atoms with E-state index in [1.165, 1.54) is 18.8 Å². The Morgan fingerprint density at radius 2 is 2.27 bits per heavy atom. The Bertz CT molecular complexity index is 561. The summed E-state index contributed by atoms with van der Waals surface area (Å²) in [6.45, 7) is 1.72. The number of aromatic nitrogens is 2. The number of rotatable bonds is 4. The minimum Gasteiger partial charge on any atom is -0.390 e. The van der Waals surface area contributed by atoms with Crippen molar-refractivity contribution in [1.29, 1.82) is 5.26 Å². The second-order valence-corrected chi connectivity index (χ2v) is 3.75. The molecule has 0 aliphatic rings. The monoisotopic (exact) mass is 325 g/mol. The molecule has 1 atom stereocenters. The minimum absolute atomic E-state index is 0.0885. The molecule has 0 aliphatic carbocycles. The molecule has 1 aromatic heterocycles. The van der Waals surface area contributed by atoms with Crippen LogP contribution in [-0.2, 0) is 0 Å². The Hall–Kier alpha value is -2.57. The second-order valence-electron chi connectivity index (χ2n) is 3.75. The summed E-state index contributed by atoms with van der Waals surface area (Å²) in [5, 5.41) is 10.7. The van der Waals surface area contributed by atoms with Crippen LogP contribution >= 0.6 is 11.6 Å². The summed E-state index contributed by atoms with van der Waals surface area (Å²) in [6.07, 6.45) is 5.19. The Morgan fingerprint density at radius 1 is 1.59 bits per heavy atom. The van der Waals surface area contributed by atoms with Gasteiger partial charge in [-0.3, -0.25) is 4.79 Å². The quantitative estimate of drug-likeness (QED) is 0.287. The highest BCUT2D eigenvalue weighted by Crippen LogP contribution is 2.07. The van der Waals surface area contributed by atoms with E-state index in [-0.39, 0.29) is 24.1 Å². The molecule has 118 valence electrons. The number of amidine groups is 1. The fourth-order valence-corrected chi connectivity index (χ4v) is 1.17. The largest absolute Gasteiger partial charge is 0.390 e. The summed E-state index contributed by atoms with van der Waals surface area (Å²) >= 11 is 4.64. The number of nitrogens with zero attached hydrogens (tertiary/aromatic N) is 5. The van der Waals surface area contributed by atoms with Crippen LogP contribution in [0.2, 0.25) is 0 Å². The van der Waals surface area contributed by atoms with Gasteiger partial charge in [-0.05, 0) is 6.92 Å². The summed E-state index contributed by atoms with van der Waals surface area (Å²) in [6, 6.07) is 1.62. The van der Waals surface area contributed by atoms with Gasteiger partial charge < -0.3 is 16.8 Å². The topological polar surface area (TPSA) is 157 Å². The molecule has 22 heavy (non-hydrogen) atoms. The first kappa shape index (κ1) is 19.4. The zero-order valence-corrected chi connectivity index (χ0v) is 13.1. The number of alkyl halides is 1. The molecule has 1 unspecified atom stereocenters. The lowest BCUT2D eigenvalue weighted by Gasteiger charge is -2.02. The van der Waals surface area contributed by atoms with Crippen LogP contribution in [0.25, 0.3) is 0 Å². The van der Waals surface area contributed by atoms with E-state index in [0.717, 1.165) is 6.34 Å².